The van der Waals surface area contributed by atoms with Crippen molar-refractivity contribution in [3.63, 3.8) is 0 Å². The van der Waals surface area contributed by atoms with Gasteiger partial charge >= 0.3 is 0 Å². The highest BCUT2D eigenvalue weighted by Gasteiger charge is 2.35. The second-order valence-electron chi connectivity index (χ2n) is 5.21. The Hall–Kier alpha value is -2.09. The number of ether oxygens (including phenoxy) is 1. The zero-order valence-electron chi connectivity index (χ0n) is 10.6. The molecule has 0 fully saturated rings. The van der Waals surface area contributed by atoms with E-state index in [1.165, 1.54) is 5.56 Å². The van der Waals surface area contributed by atoms with E-state index in [4.69, 9.17) is 4.74 Å². The number of ketones is 1. The summed E-state index contributed by atoms with van der Waals surface area (Å²) in [4.78, 5) is 12.7. The molecule has 1 heterocycles. The number of carbonyl (C=O) groups is 1. The summed E-state index contributed by atoms with van der Waals surface area (Å²) >= 11 is 0. The predicted molar refractivity (Wildman–Crippen MR) is 72.9 cm³/mol. The lowest BCUT2D eigenvalue weighted by molar-refractivity contribution is 0.0972. The lowest BCUT2D eigenvalue weighted by Crippen LogP contribution is -2.08. The van der Waals surface area contributed by atoms with Gasteiger partial charge in [0, 0.05) is 17.5 Å². The maximum Gasteiger partial charge on any atom is 0.171 e. The molecule has 0 saturated carbocycles. The van der Waals surface area contributed by atoms with Crippen LogP contribution in [0.1, 0.15) is 33.0 Å². The molecule has 1 aliphatic carbocycles. The molecule has 2 aromatic rings. The number of carbonyl (C=O) groups excluding carboxylic acids is 1. The van der Waals surface area contributed by atoms with Crippen LogP contribution >= 0.6 is 0 Å². The van der Waals surface area contributed by atoms with Gasteiger partial charge in [0.15, 0.2) is 5.78 Å². The lowest BCUT2D eigenvalue weighted by atomic mass is 9.94. The van der Waals surface area contributed by atoms with Gasteiger partial charge in [0.2, 0.25) is 0 Å². The smallest absolute Gasteiger partial charge is 0.171 e. The predicted octanol–water partition coefficient (Wildman–Crippen LogP) is 3.14. The van der Waals surface area contributed by atoms with Gasteiger partial charge in [0.05, 0.1) is 12.5 Å². The minimum absolute atomic E-state index is 0.0108. The van der Waals surface area contributed by atoms with E-state index in [0.717, 1.165) is 35.3 Å². The number of fused-ring (bicyclic) bond motifs is 3. The standard InChI is InChI=1S/C17H14O2/c18-17-14(11-4-2-1-3-5-11)10-12-6-7-15-13(16(12)17)8-9-19-15/h1-7,14H,8-10H2. The van der Waals surface area contributed by atoms with Crippen LogP contribution in [0.4, 0.5) is 0 Å². The van der Waals surface area contributed by atoms with Gasteiger partial charge in [-0.05, 0) is 23.6 Å². The van der Waals surface area contributed by atoms with Gasteiger partial charge < -0.3 is 4.74 Å². The molecule has 2 heteroatoms. The van der Waals surface area contributed by atoms with E-state index in [0.29, 0.717) is 6.61 Å². The number of rotatable bonds is 1. The van der Waals surface area contributed by atoms with Gasteiger partial charge in [0.25, 0.3) is 0 Å². The Balaban J connectivity index is 1.81. The minimum Gasteiger partial charge on any atom is -0.493 e. The van der Waals surface area contributed by atoms with Crippen molar-refractivity contribution in [3.05, 3.63) is 64.7 Å². The van der Waals surface area contributed by atoms with Crippen LogP contribution in [-0.4, -0.2) is 12.4 Å². The molecule has 1 unspecified atom stereocenters. The van der Waals surface area contributed by atoms with E-state index in [1.807, 2.05) is 36.4 Å². The van der Waals surface area contributed by atoms with Gasteiger partial charge in [-0.15, -0.1) is 0 Å². The molecule has 0 spiro atoms. The molecule has 0 aromatic heterocycles. The normalized spacial score (nSPS) is 20.0. The average molecular weight is 250 g/mol. The third kappa shape index (κ3) is 1.53. The highest BCUT2D eigenvalue weighted by molar-refractivity contribution is 6.07. The van der Waals surface area contributed by atoms with Crippen molar-refractivity contribution >= 4 is 5.78 Å². The Kier molecular flexibility index (Phi) is 2.25. The van der Waals surface area contributed by atoms with Crippen molar-refractivity contribution in [2.45, 2.75) is 18.8 Å². The van der Waals surface area contributed by atoms with Crippen molar-refractivity contribution in [2.24, 2.45) is 0 Å². The van der Waals surface area contributed by atoms with Crippen molar-refractivity contribution in [1.82, 2.24) is 0 Å². The van der Waals surface area contributed by atoms with Crippen molar-refractivity contribution in [3.8, 4) is 5.75 Å². The third-order valence-electron chi connectivity index (χ3n) is 4.15. The Morgan fingerprint density at radius 3 is 2.74 bits per heavy atom. The van der Waals surface area contributed by atoms with E-state index in [-0.39, 0.29) is 11.7 Å². The molecule has 19 heavy (non-hydrogen) atoms. The highest BCUT2D eigenvalue weighted by atomic mass is 16.5. The monoisotopic (exact) mass is 250 g/mol. The molecule has 4 rings (SSSR count). The zero-order chi connectivity index (χ0) is 12.8. The Bertz CT molecular complexity index is 658. The second-order valence-corrected chi connectivity index (χ2v) is 5.21. The number of benzene rings is 2. The van der Waals surface area contributed by atoms with Gasteiger partial charge in [-0.25, -0.2) is 0 Å². The molecular weight excluding hydrogens is 236 g/mol. The van der Waals surface area contributed by atoms with E-state index < -0.39 is 0 Å². The summed E-state index contributed by atoms with van der Waals surface area (Å²) in [6.07, 6.45) is 1.69. The van der Waals surface area contributed by atoms with Crippen molar-refractivity contribution in [2.75, 3.05) is 6.61 Å². The first-order chi connectivity index (χ1) is 9.34. The fourth-order valence-corrected chi connectivity index (χ4v) is 3.24. The minimum atomic E-state index is -0.0108. The van der Waals surface area contributed by atoms with Crippen LogP contribution in [0.3, 0.4) is 0 Å². The van der Waals surface area contributed by atoms with E-state index in [9.17, 15) is 4.79 Å². The maximum atomic E-state index is 12.7. The van der Waals surface area contributed by atoms with Crippen LogP contribution in [0.25, 0.3) is 0 Å². The molecular formula is C17H14O2. The zero-order valence-corrected chi connectivity index (χ0v) is 10.6. The van der Waals surface area contributed by atoms with Crippen molar-refractivity contribution < 1.29 is 9.53 Å². The van der Waals surface area contributed by atoms with Crippen molar-refractivity contribution in [1.29, 1.82) is 0 Å². The molecule has 0 amide bonds. The van der Waals surface area contributed by atoms with Crippen LogP contribution in [0.2, 0.25) is 0 Å². The van der Waals surface area contributed by atoms with Gasteiger partial charge in [0.1, 0.15) is 5.75 Å². The quantitative estimate of drug-likeness (QED) is 0.777. The highest BCUT2D eigenvalue weighted by Crippen LogP contribution is 2.40. The second kappa shape index (κ2) is 3.95. The van der Waals surface area contributed by atoms with E-state index >= 15 is 0 Å². The summed E-state index contributed by atoms with van der Waals surface area (Å²) in [6.45, 7) is 0.703. The molecule has 1 aliphatic heterocycles. The molecule has 0 N–H and O–H groups in total. The first-order valence-electron chi connectivity index (χ1n) is 6.71. The molecule has 0 saturated heterocycles. The van der Waals surface area contributed by atoms with E-state index in [2.05, 4.69) is 6.07 Å². The molecule has 2 aliphatic rings. The largest absolute Gasteiger partial charge is 0.493 e. The van der Waals surface area contributed by atoms with Gasteiger partial charge in [-0.3, -0.25) is 4.79 Å². The van der Waals surface area contributed by atoms with Crippen LogP contribution in [-0.2, 0) is 12.8 Å². The molecule has 0 radical (unpaired) electrons. The first kappa shape index (κ1) is 10.8. The Labute approximate surface area is 112 Å². The van der Waals surface area contributed by atoms with Crippen LogP contribution in [0, 0.1) is 0 Å². The van der Waals surface area contributed by atoms with E-state index in [1.54, 1.807) is 0 Å². The summed E-state index contributed by atoms with van der Waals surface area (Å²) in [5.41, 5.74) is 4.37. The topological polar surface area (TPSA) is 26.3 Å². The number of hydrogen-bond donors (Lipinski definition) is 0. The summed E-state index contributed by atoms with van der Waals surface area (Å²) in [7, 11) is 0. The Morgan fingerprint density at radius 2 is 1.89 bits per heavy atom. The number of Topliss-reactive ketones (excluding diaryl/α,β-unsaturated/α-hetero) is 1. The fraction of sp³-hybridized carbons (Fsp3) is 0.235. The third-order valence-corrected chi connectivity index (χ3v) is 4.15. The summed E-state index contributed by atoms with van der Waals surface area (Å²) in [5.74, 6) is 1.16. The summed E-state index contributed by atoms with van der Waals surface area (Å²) in [5, 5.41) is 0. The molecule has 2 nitrogen and oxygen atoms in total. The summed E-state index contributed by atoms with van der Waals surface area (Å²) < 4.78 is 5.56. The first-order valence-corrected chi connectivity index (χ1v) is 6.71. The number of hydrogen-bond acceptors (Lipinski definition) is 2. The van der Waals surface area contributed by atoms with Gasteiger partial charge in [-0.1, -0.05) is 36.4 Å². The van der Waals surface area contributed by atoms with Gasteiger partial charge in [-0.2, -0.15) is 0 Å². The lowest BCUT2D eigenvalue weighted by Gasteiger charge is -2.07. The Morgan fingerprint density at radius 1 is 1.05 bits per heavy atom. The fourth-order valence-electron chi connectivity index (χ4n) is 3.24. The maximum absolute atomic E-state index is 12.7. The summed E-state index contributed by atoms with van der Waals surface area (Å²) in [6, 6.07) is 14.2. The molecule has 1 atom stereocenters. The van der Waals surface area contributed by atoms with Crippen LogP contribution in [0.15, 0.2) is 42.5 Å². The molecule has 0 bridgehead atoms. The average Bonchev–Trinajstić information content (AvgIpc) is 3.04. The van der Waals surface area contributed by atoms with Crippen LogP contribution < -0.4 is 4.74 Å². The molecule has 2 aromatic carbocycles. The SMILES string of the molecule is O=C1c2c(ccc3c2CCO3)CC1c1ccccc1. The molecule has 94 valence electrons. The van der Waals surface area contributed by atoms with Crippen LogP contribution in [0.5, 0.6) is 5.75 Å².